The lowest BCUT2D eigenvalue weighted by Crippen LogP contribution is -2.09. The van der Waals surface area contributed by atoms with E-state index in [4.69, 9.17) is 0 Å². The Kier molecular flexibility index (Phi) is 3.08. The van der Waals surface area contributed by atoms with E-state index in [1.807, 2.05) is 0 Å². The molecular weight excluding hydrogens is 262 g/mol. The van der Waals surface area contributed by atoms with Crippen LogP contribution >= 0.6 is 0 Å². The first-order chi connectivity index (χ1) is 10.2. The summed E-state index contributed by atoms with van der Waals surface area (Å²) in [6, 6.07) is 0. The quantitative estimate of drug-likeness (QED) is 0.866. The predicted octanol–water partition coefficient (Wildman–Crippen LogP) is 2.35. The van der Waals surface area contributed by atoms with Crippen molar-refractivity contribution in [2.24, 2.45) is 5.92 Å². The summed E-state index contributed by atoms with van der Waals surface area (Å²) in [5, 5.41) is 8.69. The van der Waals surface area contributed by atoms with Gasteiger partial charge >= 0.3 is 0 Å². The van der Waals surface area contributed by atoms with Crippen LogP contribution in [-0.4, -0.2) is 24.3 Å². The summed E-state index contributed by atoms with van der Waals surface area (Å²) in [6.07, 6.45) is 7.96. The number of aryl methyl sites for hydroxylation is 2. The number of fused-ring (bicyclic) bond motifs is 2. The highest BCUT2D eigenvalue weighted by molar-refractivity contribution is 5.10. The van der Waals surface area contributed by atoms with Gasteiger partial charge < -0.3 is 9.13 Å². The highest BCUT2D eigenvalue weighted by atomic mass is 15.3. The molecule has 2 aliphatic heterocycles. The summed E-state index contributed by atoms with van der Waals surface area (Å²) in [7, 11) is 0. The van der Waals surface area contributed by atoms with Crippen molar-refractivity contribution in [3.05, 3.63) is 29.4 Å². The van der Waals surface area contributed by atoms with Gasteiger partial charge in [0.2, 0.25) is 0 Å². The lowest BCUT2D eigenvalue weighted by atomic mass is 10.0. The molecule has 2 aromatic rings. The van der Waals surface area contributed by atoms with Crippen LogP contribution in [0.3, 0.4) is 0 Å². The standard InChI is InChI=1S/C16H23N5/c1-11(2)16-19-18-15-8-12(10-21(15)16)5-6-13-9-17-14-4-3-7-20(13)14/h9,11-12H,3-8,10H2,1-2H3. The Morgan fingerprint density at radius 1 is 1.24 bits per heavy atom. The molecule has 0 radical (unpaired) electrons. The maximum atomic E-state index is 4.54. The van der Waals surface area contributed by atoms with Crippen molar-refractivity contribution in [2.45, 2.75) is 65.0 Å². The number of aromatic nitrogens is 5. The van der Waals surface area contributed by atoms with Crippen LogP contribution in [0.2, 0.25) is 0 Å². The molecule has 112 valence electrons. The van der Waals surface area contributed by atoms with Gasteiger partial charge in [-0.1, -0.05) is 13.8 Å². The second-order valence-corrected chi connectivity index (χ2v) is 6.77. The zero-order chi connectivity index (χ0) is 14.4. The third kappa shape index (κ3) is 2.19. The number of hydrogen-bond acceptors (Lipinski definition) is 3. The van der Waals surface area contributed by atoms with Crippen LogP contribution in [-0.2, 0) is 32.4 Å². The molecule has 5 heteroatoms. The summed E-state index contributed by atoms with van der Waals surface area (Å²) < 4.78 is 4.77. The fraction of sp³-hybridized carbons (Fsp3) is 0.688. The average Bonchev–Trinajstić information content (AvgIpc) is 3.16. The third-order valence-corrected chi connectivity index (χ3v) is 4.90. The molecule has 2 aliphatic rings. The SMILES string of the molecule is CC(C)c1nnc2n1CC(CCc1cnc3n1CCC3)C2. The van der Waals surface area contributed by atoms with E-state index in [2.05, 4.69) is 44.4 Å². The molecule has 5 nitrogen and oxygen atoms in total. The minimum Gasteiger partial charge on any atom is -0.332 e. The highest BCUT2D eigenvalue weighted by Crippen LogP contribution is 2.27. The monoisotopic (exact) mass is 285 g/mol. The van der Waals surface area contributed by atoms with Gasteiger partial charge in [-0.3, -0.25) is 0 Å². The summed E-state index contributed by atoms with van der Waals surface area (Å²) in [5.74, 6) is 4.79. The molecule has 0 fully saturated rings. The van der Waals surface area contributed by atoms with E-state index in [1.54, 1.807) is 0 Å². The molecule has 0 aliphatic carbocycles. The second kappa shape index (κ2) is 4.97. The Balaban J connectivity index is 1.41. The molecule has 4 rings (SSSR count). The summed E-state index contributed by atoms with van der Waals surface area (Å²) in [6.45, 7) is 6.65. The highest BCUT2D eigenvalue weighted by Gasteiger charge is 2.27. The van der Waals surface area contributed by atoms with Crippen molar-refractivity contribution in [1.82, 2.24) is 24.3 Å². The molecule has 0 saturated heterocycles. The van der Waals surface area contributed by atoms with Crippen LogP contribution < -0.4 is 0 Å². The van der Waals surface area contributed by atoms with Crippen LogP contribution in [0.25, 0.3) is 0 Å². The van der Waals surface area contributed by atoms with Crippen LogP contribution in [0.15, 0.2) is 6.20 Å². The van der Waals surface area contributed by atoms with E-state index in [-0.39, 0.29) is 0 Å². The minimum absolute atomic E-state index is 0.461. The Morgan fingerprint density at radius 2 is 2.14 bits per heavy atom. The molecule has 0 saturated carbocycles. The van der Waals surface area contributed by atoms with E-state index in [9.17, 15) is 0 Å². The van der Waals surface area contributed by atoms with Gasteiger partial charge in [0.1, 0.15) is 17.5 Å². The fourth-order valence-corrected chi connectivity index (χ4v) is 3.77. The smallest absolute Gasteiger partial charge is 0.135 e. The zero-order valence-electron chi connectivity index (χ0n) is 12.9. The number of imidazole rings is 1. The Bertz CT molecular complexity index is 652. The van der Waals surface area contributed by atoms with E-state index in [1.165, 1.54) is 36.7 Å². The first-order valence-electron chi connectivity index (χ1n) is 8.17. The van der Waals surface area contributed by atoms with Gasteiger partial charge in [-0.05, 0) is 25.2 Å². The van der Waals surface area contributed by atoms with Crippen molar-refractivity contribution in [1.29, 1.82) is 0 Å². The molecule has 0 amide bonds. The van der Waals surface area contributed by atoms with E-state index in [0.29, 0.717) is 11.8 Å². The average molecular weight is 285 g/mol. The number of nitrogens with zero attached hydrogens (tertiary/aromatic N) is 5. The van der Waals surface area contributed by atoms with Crippen molar-refractivity contribution in [2.75, 3.05) is 0 Å². The summed E-state index contributed by atoms with van der Waals surface area (Å²) >= 11 is 0. The molecule has 0 N–H and O–H groups in total. The van der Waals surface area contributed by atoms with Gasteiger partial charge in [-0.25, -0.2) is 4.98 Å². The lowest BCUT2D eigenvalue weighted by molar-refractivity contribution is 0.454. The van der Waals surface area contributed by atoms with Gasteiger partial charge in [0, 0.05) is 43.7 Å². The molecular formula is C16H23N5. The third-order valence-electron chi connectivity index (χ3n) is 4.90. The molecule has 21 heavy (non-hydrogen) atoms. The zero-order valence-corrected chi connectivity index (χ0v) is 12.9. The molecule has 2 aromatic heterocycles. The van der Waals surface area contributed by atoms with Crippen LogP contribution in [0.1, 0.15) is 55.8 Å². The molecule has 1 atom stereocenters. The summed E-state index contributed by atoms with van der Waals surface area (Å²) in [4.78, 5) is 4.54. The normalized spacial score (nSPS) is 20.2. The summed E-state index contributed by atoms with van der Waals surface area (Å²) in [5.41, 5.74) is 1.43. The predicted molar refractivity (Wildman–Crippen MR) is 80.2 cm³/mol. The van der Waals surface area contributed by atoms with Crippen molar-refractivity contribution in [3.63, 3.8) is 0 Å². The Morgan fingerprint density at radius 3 is 3.00 bits per heavy atom. The van der Waals surface area contributed by atoms with Crippen LogP contribution in [0.5, 0.6) is 0 Å². The van der Waals surface area contributed by atoms with Gasteiger partial charge in [-0.15, -0.1) is 10.2 Å². The lowest BCUT2D eigenvalue weighted by Gasteiger charge is -2.11. The van der Waals surface area contributed by atoms with Crippen molar-refractivity contribution >= 4 is 0 Å². The van der Waals surface area contributed by atoms with Crippen LogP contribution in [0.4, 0.5) is 0 Å². The topological polar surface area (TPSA) is 48.5 Å². The van der Waals surface area contributed by atoms with E-state index < -0.39 is 0 Å². The minimum atomic E-state index is 0.461. The molecule has 4 heterocycles. The molecule has 0 spiro atoms. The number of hydrogen-bond donors (Lipinski definition) is 0. The maximum Gasteiger partial charge on any atom is 0.135 e. The van der Waals surface area contributed by atoms with Gasteiger partial charge in [0.05, 0.1) is 0 Å². The van der Waals surface area contributed by atoms with E-state index in [0.717, 1.165) is 31.6 Å². The van der Waals surface area contributed by atoms with Crippen molar-refractivity contribution < 1.29 is 0 Å². The van der Waals surface area contributed by atoms with Gasteiger partial charge in [0.15, 0.2) is 0 Å². The van der Waals surface area contributed by atoms with Gasteiger partial charge in [0.25, 0.3) is 0 Å². The van der Waals surface area contributed by atoms with E-state index >= 15 is 0 Å². The van der Waals surface area contributed by atoms with Gasteiger partial charge in [-0.2, -0.15) is 0 Å². The number of rotatable bonds is 4. The van der Waals surface area contributed by atoms with Crippen LogP contribution in [0, 0.1) is 5.92 Å². The van der Waals surface area contributed by atoms with Crippen molar-refractivity contribution in [3.8, 4) is 0 Å². The molecule has 0 aromatic carbocycles. The second-order valence-electron chi connectivity index (χ2n) is 6.77. The first-order valence-corrected chi connectivity index (χ1v) is 8.17. The Hall–Kier alpha value is -1.65. The fourth-order valence-electron chi connectivity index (χ4n) is 3.77. The first kappa shape index (κ1) is 13.0. The largest absolute Gasteiger partial charge is 0.332 e. The molecule has 1 unspecified atom stereocenters. The molecule has 0 bridgehead atoms. The Labute approximate surface area is 125 Å². The maximum absolute atomic E-state index is 4.54.